The van der Waals surface area contributed by atoms with Crippen LogP contribution in [-0.4, -0.2) is 16.1 Å². The highest BCUT2D eigenvalue weighted by Gasteiger charge is 2.18. The molecule has 2 aromatic carbocycles. The lowest BCUT2D eigenvalue weighted by Crippen LogP contribution is -2.13. The molecule has 5 nitrogen and oxygen atoms in total. The number of benzene rings is 2. The Morgan fingerprint density at radius 2 is 1.96 bits per heavy atom. The van der Waals surface area contributed by atoms with E-state index in [9.17, 15) is 18.7 Å². The molecule has 0 aliphatic rings. The molecule has 0 aliphatic heterocycles. The van der Waals surface area contributed by atoms with Gasteiger partial charge in [0.25, 0.3) is 5.91 Å². The molecule has 24 heavy (non-hydrogen) atoms. The summed E-state index contributed by atoms with van der Waals surface area (Å²) in [6, 6.07) is 8.20. The van der Waals surface area contributed by atoms with Crippen LogP contribution in [0.5, 0.6) is 11.5 Å². The van der Waals surface area contributed by atoms with Gasteiger partial charge in [0, 0.05) is 16.3 Å². The Kier molecular flexibility index (Phi) is 5.02. The number of anilines is 1. The minimum atomic E-state index is -1.36. The van der Waals surface area contributed by atoms with Gasteiger partial charge >= 0.3 is 0 Å². The number of halogens is 3. The average Bonchev–Trinajstić information content (AvgIpc) is 2.55. The van der Waals surface area contributed by atoms with Gasteiger partial charge in [0.1, 0.15) is 11.6 Å². The molecule has 0 aromatic heterocycles. The molecule has 0 heterocycles. The highest BCUT2D eigenvalue weighted by atomic mass is 35.5. The van der Waals surface area contributed by atoms with E-state index in [2.05, 4.69) is 5.32 Å². The number of nitrogens with zero attached hydrogens (tertiary/aromatic N) is 1. The number of hydrogen-bond acceptors (Lipinski definition) is 4. The lowest BCUT2D eigenvalue weighted by molar-refractivity contribution is -0.112. The van der Waals surface area contributed by atoms with E-state index in [1.165, 1.54) is 12.1 Å². The number of carbonyl (C=O) groups excluding carboxylic acids is 1. The van der Waals surface area contributed by atoms with Gasteiger partial charge in [-0.2, -0.15) is 5.26 Å². The van der Waals surface area contributed by atoms with Crippen LogP contribution >= 0.6 is 11.6 Å². The van der Waals surface area contributed by atoms with Gasteiger partial charge in [0.2, 0.25) is 0 Å². The van der Waals surface area contributed by atoms with Gasteiger partial charge in [-0.15, -0.1) is 0 Å². The Bertz CT molecular complexity index is 892. The first-order valence-electron chi connectivity index (χ1n) is 6.42. The molecule has 1 amide bonds. The summed E-state index contributed by atoms with van der Waals surface area (Å²) >= 11 is 5.77. The van der Waals surface area contributed by atoms with E-state index in [4.69, 9.17) is 22.0 Å². The Labute approximate surface area is 140 Å². The van der Waals surface area contributed by atoms with Crippen LogP contribution in [0, 0.1) is 23.0 Å². The molecule has 2 rings (SSSR count). The third-order valence-corrected chi connectivity index (χ3v) is 3.18. The molecule has 0 aliphatic carbocycles. The summed E-state index contributed by atoms with van der Waals surface area (Å²) in [5.41, 5.74) is -0.812. The maximum absolute atomic E-state index is 13.8. The zero-order valence-electron chi connectivity index (χ0n) is 11.8. The van der Waals surface area contributed by atoms with Crippen molar-refractivity contribution in [3.05, 3.63) is 58.1 Å². The average molecular weight is 351 g/mol. The van der Waals surface area contributed by atoms with Gasteiger partial charge in [-0.05, 0) is 30.3 Å². The fourth-order valence-electron chi connectivity index (χ4n) is 1.80. The molecule has 3 N–H and O–H groups in total. The number of hydrogen-bond donors (Lipinski definition) is 3. The first-order chi connectivity index (χ1) is 11.3. The summed E-state index contributed by atoms with van der Waals surface area (Å²) in [4.78, 5) is 12.0. The second-order valence-electron chi connectivity index (χ2n) is 4.59. The third kappa shape index (κ3) is 3.62. The predicted octanol–water partition coefficient (Wildman–Crippen LogP) is 3.58. The molecule has 0 atom stereocenters. The minimum absolute atomic E-state index is 0.300. The van der Waals surface area contributed by atoms with Crippen LogP contribution in [0.15, 0.2) is 35.9 Å². The molecule has 8 heteroatoms. The van der Waals surface area contributed by atoms with Crippen molar-refractivity contribution in [3.63, 3.8) is 0 Å². The molecule has 0 saturated carbocycles. The van der Waals surface area contributed by atoms with Gasteiger partial charge < -0.3 is 15.5 Å². The van der Waals surface area contributed by atoms with Crippen molar-refractivity contribution in [1.29, 1.82) is 5.26 Å². The van der Waals surface area contributed by atoms with Crippen molar-refractivity contribution in [2.24, 2.45) is 0 Å². The number of amides is 1. The number of carbonyl (C=O) groups is 1. The SMILES string of the molecule is N#CC(=Cc1cc(F)c(O)c(O)c1F)C(=O)Nc1cccc(Cl)c1. The second-order valence-corrected chi connectivity index (χ2v) is 5.03. The van der Waals surface area contributed by atoms with Crippen molar-refractivity contribution in [1.82, 2.24) is 0 Å². The summed E-state index contributed by atoms with van der Waals surface area (Å²) in [5, 5.41) is 30.1. The maximum Gasteiger partial charge on any atom is 0.266 e. The van der Waals surface area contributed by atoms with Crippen LogP contribution in [0.2, 0.25) is 5.02 Å². The third-order valence-electron chi connectivity index (χ3n) is 2.94. The van der Waals surface area contributed by atoms with E-state index in [1.54, 1.807) is 18.2 Å². The first-order valence-corrected chi connectivity index (χ1v) is 6.80. The van der Waals surface area contributed by atoms with E-state index in [1.807, 2.05) is 0 Å². The van der Waals surface area contributed by atoms with Crippen LogP contribution < -0.4 is 5.32 Å². The highest BCUT2D eigenvalue weighted by molar-refractivity contribution is 6.31. The summed E-state index contributed by atoms with van der Waals surface area (Å²) in [6.45, 7) is 0. The molecule has 0 saturated heterocycles. The molecular weight excluding hydrogens is 342 g/mol. The monoisotopic (exact) mass is 350 g/mol. The van der Waals surface area contributed by atoms with E-state index in [0.29, 0.717) is 16.8 Å². The van der Waals surface area contributed by atoms with Gasteiger partial charge in [0.15, 0.2) is 23.1 Å². The van der Waals surface area contributed by atoms with E-state index in [0.717, 1.165) is 6.08 Å². The molecular formula is C16H9ClF2N2O3. The maximum atomic E-state index is 13.8. The molecule has 0 bridgehead atoms. The Balaban J connectivity index is 2.36. The highest BCUT2D eigenvalue weighted by Crippen LogP contribution is 2.33. The number of phenols is 2. The molecule has 122 valence electrons. The van der Waals surface area contributed by atoms with Gasteiger partial charge in [-0.3, -0.25) is 4.79 Å². The van der Waals surface area contributed by atoms with Crippen molar-refractivity contribution in [3.8, 4) is 17.6 Å². The van der Waals surface area contributed by atoms with E-state index in [-0.39, 0.29) is 0 Å². The van der Waals surface area contributed by atoms with Crippen LogP contribution in [0.3, 0.4) is 0 Å². The van der Waals surface area contributed by atoms with Crippen molar-refractivity contribution in [2.45, 2.75) is 0 Å². The Hall–Kier alpha value is -3.11. The van der Waals surface area contributed by atoms with Crippen LogP contribution in [-0.2, 0) is 4.79 Å². The van der Waals surface area contributed by atoms with Crippen LogP contribution in [0.1, 0.15) is 5.56 Å². The smallest absolute Gasteiger partial charge is 0.266 e. The zero-order chi connectivity index (χ0) is 17.9. The summed E-state index contributed by atoms with van der Waals surface area (Å²) in [7, 11) is 0. The minimum Gasteiger partial charge on any atom is -0.502 e. The Morgan fingerprint density at radius 1 is 1.25 bits per heavy atom. The molecule has 0 spiro atoms. The normalized spacial score (nSPS) is 11.0. The van der Waals surface area contributed by atoms with Gasteiger partial charge in [-0.1, -0.05) is 17.7 Å². The van der Waals surface area contributed by atoms with Gasteiger partial charge in [-0.25, -0.2) is 8.78 Å². The van der Waals surface area contributed by atoms with E-state index >= 15 is 0 Å². The summed E-state index contributed by atoms with van der Waals surface area (Å²) in [6.07, 6.45) is 0.747. The topological polar surface area (TPSA) is 93.3 Å². The zero-order valence-corrected chi connectivity index (χ0v) is 12.6. The van der Waals surface area contributed by atoms with Crippen molar-refractivity contribution in [2.75, 3.05) is 5.32 Å². The van der Waals surface area contributed by atoms with Crippen molar-refractivity contribution < 1.29 is 23.8 Å². The van der Waals surface area contributed by atoms with Crippen LogP contribution in [0.4, 0.5) is 14.5 Å². The van der Waals surface area contributed by atoms with Crippen LogP contribution in [0.25, 0.3) is 6.08 Å². The predicted molar refractivity (Wildman–Crippen MR) is 83.4 cm³/mol. The lowest BCUT2D eigenvalue weighted by atomic mass is 10.1. The number of nitrogens with one attached hydrogen (secondary N) is 1. The standard InChI is InChI=1S/C16H9ClF2N2O3/c17-10-2-1-3-11(6-10)21-16(24)9(7-20)4-8-5-12(18)14(22)15(23)13(8)19/h1-6,22-23H,(H,21,24). The van der Waals surface area contributed by atoms with E-state index < -0.39 is 40.2 Å². The van der Waals surface area contributed by atoms with Crippen molar-refractivity contribution >= 4 is 29.3 Å². The number of aromatic hydroxyl groups is 2. The van der Waals surface area contributed by atoms with Gasteiger partial charge in [0.05, 0.1) is 0 Å². The Morgan fingerprint density at radius 3 is 2.58 bits per heavy atom. The number of nitriles is 1. The molecule has 2 aromatic rings. The number of rotatable bonds is 3. The molecule has 0 unspecified atom stereocenters. The second kappa shape index (κ2) is 6.98. The quantitative estimate of drug-likeness (QED) is 0.448. The molecule has 0 radical (unpaired) electrons. The lowest BCUT2D eigenvalue weighted by Gasteiger charge is -2.06. The summed E-state index contributed by atoms with van der Waals surface area (Å²) in [5.74, 6) is -6.11. The molecule has 0 fully saturated rings. The largest absolute Gasteiger partial charge is 0.502 e. The number of phenolic OH excluding ortho intramolecular Hbond substituents is 2. The fourth-order valence-corrected chi connectivity index (χ4v) is 1.99. The summed E-state index contributed by atoms with van der Waals surface area (Å²) < 4.78 is 27.2. The first kappa shape index (κ1) is 17.2. The fraction of sp³-hybridized carbons (Fsp3) is 0.